The van der Waals surface area contributed by atoms with Crippen molar-refractivity contribution in [2.75, 3.05) is 6.54 Å². The first-order valence-corrected chi connectivity index (χ1v) is 3.76. The molecule has 0 spiro atoms. The second-order valence-electron chi connectivity index (χ2n) is 1.72. The van der Waals surface area contributed by atoms with Crippen molar-refractivity contribution in [3.05, 3.63) is 10.5 Å². The summed E-state index contributed by atoms with van der Waals surface area (Å²) in [6, 6.07) is 0. The number of hydrogen-bond donors (Lipinski definition) is 1. The number of halogens is 2. The minimum atomic E-state index is 0. The molecule has 3 nitrogen and oxygen atoms in total. The molecule has 66 valence electrons. The van der Waals surface area contributed by atoms with E-state index in [1.54, 1.807) is 16.8 Å². The molecule has 0 saturated carbocycles. The first kappa shape index (κ1) is 13.7. The molecule has 1 heterocycles. The number of aryl methyl sites for hydroxylation is 1. The molecule has 0 aromatic carbocycles. The molecule has 0 fully saturated rings. The van der Waals surface area contributed by atoms with Crippen molar-refractivity contribution >= 4 is 36.2 Å². The van der Waals surface area contributed by atoms with E-state index in [4.69, 9.17) is 5.73 Å². The van der Waals surface area contributed by atoms with E-state index in [9.17, 15) is 0 Å². The van der Waals surface area contributed by atoms with Gasteiger partial charge in [-0.1, -0.05) is 0 Å². The van der Waals surface area contributed by atoms with Gasteiger partial charge in [-0.3, -0.25) is 0 Å². The second kappa shape index (κ2) is 8.20. The zero-order valence-electron chi connectivity index (χ0n) is 5.90. The number of nitrogens with two attached hydrogens (primary N) is 1. The molecule has 0 radical (unpaired) electrons. The van der Waals surface area contributed by atoms with Gasteiger partial charge in [0, 0.05) is 6.42 Å². The van der Waals surface area contributed by atoms with Crippen LogP contribution in [0.1, 0.15) is 11.4 Å². The highest BCUT2D eigenvalue weighted by Crippen LogP contribution is 2.02. The van der Waals surface area contributed by atoms with Gasteiger partial charge in [-0.15, -0.1) is 46.3 Å². The Labute approximate surface area is 82.2 Å². The summed E-state index contributed by atoms with van der Waals surface area (Å²) in [5.74, 6) is 0. The molecule has 0 aliphatic heterocycles. The zero-order valence-corrected chi connectivity index (χ0v) is 8.34. The first-order chi connectivity index (χ1) is 4.43. The molecule has 0 bridgehead atoms. The Morgan fingerprint density at radius 1 is 1.45 bits per heavy atom. The summed E-state index contributed by atoms with van der Waals surface area (Å²) >= 11 is 1.59. The SMILES string of the molecule is Cl.Cl.NCCCc1nncs1. The molecule has 0 saturated heterocycles. The van der Waals surface area contributed by atoms with E-state index in [1.165, 1.54) is 0 Å². The lowest BCUT2D eigenvalue weighted by Crippen LogP contribution is -1.99. The monoisotopic (exact) mass is 215 g/mol. The van der Waals surface area contributed by atoms with Crippen LogP contribution in [0.4, 0.5) is 0 Å². The largest absolute Gasteiger partial charge is 0.330 e. The number of aromatic nitrogens is 2. The maximum atomic E-state index is 5.30. The van der Waals surface area contributed by atoms with Gasteiger partial charge < -0.3 is 5.73 Å². The van der Waals surface area contributed by atoms with Gasteiger partial charge in [-0.2, -0.15) is 0 Å². The van der Waals surface area contributed by atoms with Crippen LogP contribution < -0.4 is 5.73 Å². The van der Waals surface area contributed by atoms with E-state index >= 15 is 0 Å². The highest BCUT2D eigenvalue weighted by molar-refractivity contribution is 7.09. The van der Waals surface area contributed by atoms with Gasteiger partial charge in [0.1, 0.15) is 10.5 Å². The van der Waals surface area contributed by atoms with E-state index in [2.05, 4.69) is 10.2 Å². The van der Waals surface area contributed by atoms with E-state index in [0.717, 1.165) is 24.4 Å². The third kappa shape index (κ3) is 5.38. The van der Waals surface area contributed by atoms with Crippen molar-refractivity contribution in [3.8, 4) is 0 Å². The lowest BCUT2D eigenvalue weighted by atomic mass is 10.3. The summed E-state index contributed by atoms with van der Waals surface area (Å²) in [6.45, 7) is 0.736. The third-order valence-corrected chi connectivity index (χ3v) is 1.76. The van der Waals surface area contributed by atoms with Crippen LogP contribution in [-0.2, 0) is 6.42 Å². The van der Waals surface area contributed by atoms with Crippen LogP contribution in [0, 0.1) is 0 Å². The van der Waals surface area contributed by atoms with Crippen LogP contribution in [0.2, 0.25) is 0 Å². The normalized spacial score (nSPS) is 8.09. The molecular formula is C5H11Cl2N3S. The van der Waals surface area contributed by atoms with Crippen molar-refractivity contribution in [2.24, 2.45) is 5.73 Å². The first-order valence-electron chi connectivity index (χ1n) is 2.88. The maximum Gasteiger partial charge on any atom is 0.117 e. The maximum absolute atomic E-state index is 5.30. The predicted molar refractivity (Wildman–Crippen MR) is 51.8 cm³/mol. The van der Waals surface area contributed by atoms with E-state index in [0.29, 0.717) is 0 Å². The summed E-state index contributed by atoms with van der Waals surface area (Å²) < 4.78 is 0. The molecule has 1 aromatic rings. The Balaban J connectivity index is 0. The van der Waals surface area contributed by atoms with Crippen LogP contribution in [0.15, 0.2) is 5.51 Å². The Kier molecular flexibility index (Phi) is 10.2. The van der Waals surface area contributed by atoms with Gasteiger partial charge >= 0.3 is 0 Å². The fourth-order valence-corrected chi connectivity index (χ4v) is 1.13. The molecule has 0 aliphatic rings. The van der Waals surface area contributed by atoms with Gasteiger partial charge in [0.25, 0.3) is 0 Å². The standard InChI is InChI=1S/C5H9N3S.2ClH/c6-3-1-2-5-8-7-4-9-5;;/h4H,1-3,6H2;2*1H. The summed E-state index contributed by atoms with van der Waals surface area (Å²) in [6.07, 6.45) is 1.98. The van der Waals surface area contributed by atoms with Gasteiger partial charge in [0.2, 0.25) is 0 Å². The fourth-order valence-electron chi connectivity index (χ4n) is 0.558. The van der Waals surface area contributed by atoms with Gasteiger partial charge in [0.05, 0.1) is 0 Å². The average Bonchev–Trinajstić information content (AvgIpc) is 2.34. The van der Waals surface area contributed by atoms with Crippen molar-refractivity contribution in [2.45, 2.75) is 12.8 Å². The smallest absolute Gasteiger partial charge is 0.117 e. The van der Waals surface area contributed by atoms with E-state index < -0.39 is 0 Å². The van der Waals surface area contributed by atoms with Crippen molar-refractivity contribution in [1.29, 1.82) is 0 Å². The van der Waals surface area contributed by atoms with Crippen molar-refractivity contribution in [1.82, 2.24) is 10.2 Å². The van der Waals surface area contributed by atoms with Gasteiger partial charge in [-0.05, 0) is 13.0 Å². The highest BCUT2D eigenvalue weighted by Gasteiger charge is 1.92. The second-order valence-corrected chi connectivity index (χ2v) is 2.64. The zero-order chi connectivity index (χ0) is 6.53. The van der Waals surface area contributed by atoms with Crippen LogP contribution >= 0.6 is 36.2 Å². The number of rotatable bonds is 3. The molecule has 2 N–H and O–H groups in total. The van der Waals surface area contributed by atoms with Crippen molar-refractivity contribution in [3.63, 3.8) is 0 Å². The molecule has 11 heavy (non-hydrogen) atoms. The molecule has 0 unspecified atom stereocenters. The molecule has 1 aromatic heterocycles. The molecule has 0 aliphatic carbocycles. The predicted octanol–water partition coefficient (Wildman–Crippen LogP) is 1.27. The quantitative estimate of drug-likeness (QED) is 0.827. The minimum Gasteiger partial charge on any atom is -0.330 e. The summed E-state index contributed by atoms with van der Waals surface area (Å²) in [4.78, 5) is 0. The highest BCUT2D eigenvalue weighted by atomic mass is 35.5. The summed E-state index contributed by atoms with van der Waals surface area (Å²) in [5, 5.41) is 8.65. The number of nitrogens with zero attached hydrogens (tertiary/aromatic N) is 2. The third-order valence-electron chi connectivity index (χ3n) is 1.000. The molecule has 0 atom stereocenters. The van der Waals surface area contributed by atoms with Crippen LogP contribution in [0.3, 0.4) is 0 Å². The van der Waals surface area contributed by atoms with Crippen LogP contribution in [0.25, 0.3) is 0 Å². The lowest BCUT2D eigenvalue weighted by molar-refractivity contribution is 0.812. The summed E-state index contributed by atoms with van der Waals surface area (Å²) in [7, 11) is 0. The van der Waals surface area contributed by atoms with Crippen molar-refractivity contribution < 1.29 is 0 Å². The minimum absolute atomic E-state index is 0. The molecular weight excluding hydrogens is 205 g/mol. The molecule has 6 heteroatoms. The summed E-state index contributed by atoms with van der Waals surface area (Å²) in [5.41, 5.74) is 7.04. The van der Waals surface area contributed by atoms with Crippen LogP contribution in [0.5, 0.6) is 0 Å². The van der Waals surface area contributed by atoms with E-state index in [1.807, 2.05) is 0 Å². The van der Waals surface area contributed by atoms with E-state index in [-0.39, 0.29) is 24.8 Å². The lowest BCUT2D eigenvalue weighted by Gasteiger charge is -1.88. The number of hydrogen-bond acceptors (Lipinski definition) is 4. The fraction of sp³-hybridized carbons (Fsp3) is 0.600. The average molecular weight is 216 g/mol. The van der Waals surface area contributed by atoms with Gasteiger partial charge in [-0.25, -0.2) is 0 Å². The molecule has 1 rings (SSSR count). The Morgan fingerprint density at radius 2 is 2.18 bits per heavy atom. The Bertz CT molecular complexity index is 157. The Hall–Kier alpha value is 0.1000. The van der Waals surface area contributed by atoms with Crippen LogP contribution in [-0.4, -0.2) is 16.7 Å². The van der Waals surface area contributed by atoms with Gasteiger partial charge in [0.15, 0.2) is 0 Å². The topological polar surface area (TPSA) is 51.8 Å². The molecule has 0 amide bonds. The Morgan fingerprint density at radius 3 is 2.64 bits per heavy atom.